The number of aryl methyl sites for hydroxylation is 1. The van der Waals surface area contributed by atoms with Crippen molar-refractivity contribution in [2.45, 2.75) is 46.2 Å². The molecule has 1 atom stereocenters. The van der Waals surface area contributed by atoms with Crippen LogP contribution in [0, 0.1) is 6.92 Å². The summed E-state index contributed by atoms with van der Waals surface area (Å²) in [5.41, 5.74) is 2.27. The second-order valence-electron chi connectivity index (χ2n) is 5.81. The lowest BCUT2D eigenvalue weighted by molar-refractivity contribution is -0.121. The van der Waals surface area contributed by atoms with Crippen molar-refractivity contribution < 1.29 is 4.79 Å². The lowest BCUT2D eigenvalue weighted by Crippen LogP contribution is -2.45. The van der Waals surface area contributed by atoms with Crippen molar-refractivity contribution in [3.05, 3.63) is 35.4 Å². The quantitative estimate of drug-likeness (QED) is 0.860. The lowest BCUT2D eigenvalue weighted by atomic mass is 10.1. The third-order valence-corrected chi connectivity index (χ3v) is 2.63. The van der Waals surface area contributed by atoms with Gasteiger partial charge in [0.2, 0.25) is 5.91 Å². The zero-order chi connectivity index (χ0) is 13.8. The van der Waals surface area contributed by atoms with Crippen LogP contribution < -0.4 is 10.6 Å². The van der Waals surface area contributed by atoms with E-state index in [0.717, 1.165) is 0 Å². The summed E-state index contributed by atoms with van der Waals surface area (Å²) in [4.78, 5) is 11.7. The smallest absolute Gasteiger partial charge is 0.234 e. The van der Waals surface area contributed by atoms with E-state index >= 15 is 0 Å². The first kappa shape index (κ1) is 14.7. The minimum Gasteiger partial charge on any atom is -0.350 e. The number of amides is 1. The predicted molar refractivity (Wildman–Crippen MR) is 75.5 cm³/mol. The zero-order valence-corrected chi connectivity index (χ0v) is 12.0. The summed E-state index contributed by atoms with van der Waals surface area (Å²) in [6, 6.07) is 8.50. The highest BCUT2D eigenvalue weighted by Crippen LogP contribution is 2.13. The van der Waals surface area contributed by atoms with Gasteiger partial charge in [-0.1, -0.05) is 29.8 Å². The van der Waals surface area contributed by atoms with Crippen molar-refractivity contribution in [1.29, 1.82) is 0 Å². The molecular weight excluding hydrogens is 224 g/mol. The van der Waals surface area contributed by atoms with Gasteiger partial charge < -0.3 is 10.6 Å². The minimum absolute atomic E-state index is 0.0296. The maximum atomic E-state index is 11.7. The molecular formula is C15H24N2O. The second-order valence-corrected chi connectivity index (χ2v) is 5.81. The van der Waals surface area contributed by atoms with Gasteiger partial charge >= 0.3 is 0 Å². The number of benzene rings is 1. The van der Waals surface area contributed by atoms with Crippen molar-refractivity contribution in [2.75, 3.05) is 6.54 Å². The number of carbonyl (C=O) groups is 1. The Morgan fingerprint density at radius 3 is 2.56 bits per heavy atom. The second kappa shape index (κ2) is 6.01. The standard InChI is InChI=1S/C15H24N2O/c1-11-7-6-8-13(9-11)12(2)16-10-14(18)17-15(3,4)5/h6-9,12,16H,10H2,1-5H3,(H,17,18)/t12-/m0/s1. The van der Waals surface area contributed by atoms with Gasteiger partial charge in [-0.25, -0.2) is 0 Å². The molecule has 3 nitrogen and oxygen atoms in total. The Morgan fingerprint density at radius 1 is 1.33 bits per heavy atom. The highest BCUT2D eigenvalue weighted by Gasteiger charge is 2.14. The highest BCUT2D eigenvalue weighted by atomic mass is 16.2. The first-order valence-corrected chi connectivity index (χ1v) is 6.39. The lowest BCUT2D eigenvalue weighted by Gasteiger charge is -2.22. The molecule has 0 spiro atoms. The van der Waals surface area contributed by atoms with E-state index in [1.54, 1.807) is 0 Å². The van der Waals surface area contributed by atoms with Gasteiger partial charge in [-0.3, -0.25) is 4.79 Å². The van der Waals surface area contributed by atoms with Crippen LogP contribution in [0.25, 0.3) is 0 Å². The Morgan fingerprint density at radius 2 is 2.00 bits per heavy atom. The van der Waals surface area contributed by atoms with Crippen LogP contribution in [0.3, 0.4) is 0 Å². The number of hydrogen-bond acceptors (Lipinski definition) is 2. The summed E-state index contributed by atoms with van der Waals surface area (Å²) in [5.74, 6) is 0.0296. The van der Waals surface area contributed by atoms with Crippen LogP contribution in [0.1, 0.15) is 44.9 Å². The molecule has 0 aromatic heterocycles. The van der Waals surface area contributed by atoms with Crippen molar-refractivity contribution >= 4 is 5.91 Å². The average molecular weight is 248 g/mol. The normalized spacial score (nSPS) is 13.2. The number of hydrogen-bond donors (Lipinski definition) is 2. The molecule has 2 N–H and O–H groups in total. The molecule has 1 amide bonds. The molecule has 0 aliphatic heterocycles. The molecule has 3 heteroatoms. The van der Waals surface area contributed by atoms with Crippen LogP contribution in [-0.2, 0) is 4.79 Å². The minimum atomic E-state index is -0.175. The van der Waals surface area contributed by atoms with Gasteiger partial charge in [0.15, 0.2) is 0 Å². The third kappa shape index (κ3) is 5.32. The predicted octanol–water partition coefficient (Wildman–Crippen LogP) is 2.56. The van der Waals surface area contributed by atoms with Gasteiger partial charge in [0, 0.05) is 11.6 Å². The molecule has 18 heavy (non-hydrogen) atoms. The Balaban J connectivity index is 2.46. The molecule has 100 valence electrons. The molecule has 0 fully saturated rings. The van der Waals surface area contributed by atoms with Crippen molar-refractivity contribution in [2.24, 2.45) is 0 Å². The van der Waals surface area contributed by atoms with Crippen LogP contribution in [0.5, 0.6) is 0 Å². The van der Waals surface area contributed by atoms with Crippen molar-refractivity contribution in [3.8, 4) is 0 Å². The Kier molecular flexibility index (Phi) is 4.91. The van der Waals surface area contributed by atoms with E-state index in [1.165, 1.54) is 11.1 Å². The fourth-order valence-corrected chi connectivity index (χ4v) is 1.77. The Hall–Kier alpha value is -1.35. The van der Waals surface area contributed by atoms with Crippen LogP contribution in [0.4, 0.5) is 0 Å². The maximum absolute atomic E-state index is 11.7. The first-order chi connectivity index (χ1) is 8.28. The topological polar surface area (TPSA) is 41.1 Å². The van der Waals surface area contributed by atoms with Gasteiger partial charge in [-0.2, -0.15) is 0 Å². The van der Waals surface area contributed by atoms with Crippen molar-refractivity contribution in [1.82, 2.24) is 10.6 Å². The van der Waals surface area contributed by atoms with Crippen LogP contribution >= 0.6 is 0 Å². The molecule has 0 bridgehead atoms. The Bertz CT molecular complexity index is 407. The number of nitrogens with one attached hydrogen (secondary N) is 2. The van der Waals surface area contributed by atoms with Gasteiger partial charge in [0.1, 0.15) is 0 Å². The monoisotopic (exact) mass is 248 g/mol. The highest BCUT2D eigenvalue weighted by molar-refractivity contribution is 5.78. The summed E-state index contributed by atoms with van der Waals surface area (Å²) in [6.07, 6.45) is 0. The van der Waals surface area contributed by atoms with Gasteiger partial charge in [0.25, 0.3) is 0 Å². The van der Waals surface area contributed by atoms with E-state index in [0.29, 0.717) is 6.54 Å². The number of carbonyl (C=O) groups excluding carboxylic acids is 1. The van der Waals surface area contributed by atoms with Gasteiger partial charge in [0.05, 0.1) is 6.54 Å². The SMILES string of the molecule is Cc1cccc([C@H](C)NCC(=O)NC(C)(C)C)c1. The molecule has 0 radical (unpaired) electrons. The summed E-state index contributed by atoms with van der Waals surface area (Å²) in [7, 11) is 0. The molecule has 0 heterocycles. The Labute approximate surface area is 110 Å². The number of rotatable bonds is 4. The fourth-order valence-electron chi connectivity index (χ4n) is 1.77. The van der Waals surface area contributed by atoms with E-state index in [9.17, 15) is 4.79 Å². The van der Waals surface area contributed by atoms with Gasteiger partial charge in [-0.05, 0) is 40.2 Å². The zero-order valence-electron chi connectivity index (χ0n) is 12.0. The molecule has 1 rings (SSSR count). The molecule has 0 aliphatic rings. The summed E-state index contributed by atoms with van der Waals surface area (Å²) in [6.45, 7) is 10.4. The van der Waals surface area contributed by atoms with Gasteiger partial charge in [-0.15, -0.1) is 0 Å². The summed E-state index contributed by atoms with van der Waals surface area (Å²) >= 11 is 0. The third-order valence-electron chi connectivity index (χ3n) is 2.63. The summed E-state index contributed by atoms with van der Waals surface area (Å²) < 4.78 is 0. The van der Waals surface area contributed by atoms with Crippen LogP contribution in [-0.4, -0.2) is 18.0 Å². The van der Waals surface area contributed by atoms with Crippen LogP contribution in [0.15, 0.2) is 24.3 Å². The van der Waals surface area contributed by atoms with Crippen molar-refractivity contribution in [3.63, 3.8) is 0 Å². The largest absolute Gasteiger partial charge is 0.350 e. The van der Waals surface area contributed by atoms with E-state index < -0.39 is 0 Å². The molecule has 0 saturated carbocycles. The maximum Gasteiger partial charge on any atom is 0.234 e. The molecule has 0 unspecified atom stereocenters. The first-order valence-electron chi connectivity index (χ1n) is 6.39. The van der Waals surface area contributed by atoms with E-state index in [2.05, 4.69) is 42.7 Å². The van der Waals surface area contributed by atoms with E-state index in [4.69, 9.17) is 0 Å². The van der Waals surface area contributed by atoms with Crippen LogP contribution in [0.2, 0.25) is 0 Å². The molecule has 1 aromatic carbocycles. The molecule has 1 aromatic rings. The summed E-state index contributed by atoms with van der Waals surface area (Å²) in [5, 5.41) is 6.17. The van der Waals surface area contributed by atoms with E-state index in [1.807, 2.05) is 26.8 Å². The molecule has 0 saturated heterocycles. The van der Waals surface area contributed by atoms with E-state index in [-0.39, 0.29) is 17.5 Å². The average Bonchev–Trinajstić information content (AvgIpc) is 2.23. The fraction of sp³-hybridized carbons (Fsp3) is 0.533. The molecule has 0 aliphatic carbocycles.